The molecule has 1 aliphatic rings. The molecule has 0 atom stereocenters. The Morgan fingerprint density at radius 2 is 1.94 bits per heavy atom. The number of carbonyl (C=O) groups is 2. The fraction of sp³-hybridized carbons (Fsp3) is 0.231. The lowest BCUT2D eigenvalue weighted by molar-refractivity contribution is -0.120. The minimum atomic E-state index is -0.182. The summed E-state index contributed by atoms with van der Waals surface area (Å²) in [7, 11) is 0. The van der Waals surface area contributed by atoms with Crippen molar-refractivity contribution in [2.75, 3.05) is 4.90 Å². The predicted octanol–water partition coefficient (Wildman–Crippen LogP) is 2.29. The molecule has 3 nitrogen and oxygen atoms in total. The maximum Gasteiger partial charge on any atom is 0.261 e. The van der Waals surface area contributed by atoms with Gasteiger partial charge in [0.15, 0.2) is 0 Å². The standard InChI is InChI=1S/C13H13NO2/c1-2-6-10-9-12(15)14(13(10)16)11-7-4-3-5-8-11/h3-8H,2,9H2,1H3/b10-6-. The highest BCUT2D eigenvalue weighted by atomic mass is 16.2. The zero-order chi connectivity index (χ0) is 11.5. The van der Waals surface area contributed by atoms with Crippen molar-refractivity contribution in [2.45, 2.75) is 19.8 Å². The second-order valence-corrected chi connectivity index (χ2v) is 3.68. The molecular formula is C13H13NO2. The van der Waals surface area contributed by atoms with E-state index in [2.05, 4.69) is 0 Å². The summed E-state index contributed by atoms with van der Waals surface area (Å²) in [5.74, 6) is -0.325. The van der Waals surface area contributed by atoms with Crippen molar-refractivity contribution in [1.29, 1.82) is 0 Å². The Kier molecular flexibility index (Phi) is 2.86. The monoisotopic (exact) mass is 215 g/mol. The van der Waals surface area contributed by atoms with Crippen molar-refractivity contribution in [3.05, 3.63) is 42.0 Å². The minimum Gasteiger partial charge on any atom is -0.274 e. The van der Waals surface area contributed by atoms with Gasteiger partial charge in [0, 0.05) is 5.57 Å². The number of anilines is 1. The molecule has 1 fully saturated rings. The van der Waals surface area contributed by atoms with Crippen LogP contribution in [0.15, 0.2) is 42.0 Å². The molecule has 0 bridgehead atoms. The van der Waals surface area contributed by atoms with Gasteiger partial charge in [-0.15, -0.1) is 0 Å². The molecule has 0 saturated carbocycles. The number of allylic oxidation sites excluding steroid dienone is 1. The molecule has 2 amide bonds. The summed E-state index contributed by atoms with van der Waals surface area (Å²) < 4.78 is 0. The Morgan fingerprint density at radius 3 is 2.56 bits per heavy atom. The highest BCUT2D eigenvalue weighted by molar-refractivity contribution is 6.28. The van der Waals surface area contributed by atoms with E-state index >= 15 is 0 Å². The highest BCUT2D eigenvalue weighted by Crippen LogP contribution is 2.25. The van der Waals surface area contributed by atoms with Gasteiger partial charge in [-0.1, -0.05) is 31.2 Å². The molecule has 82 valence electrons. The third-order valence-corrected chi connectivity index (χ3v) is 2.53. The van der Waals surface area contributed by atoms with Crippen molar-refractivity contribution in [2.24, 2.45) is 0 Å². The number of carbonyl (C=O) groups excluding carboxylic acids is 2. The summed E-state index contributed by atoms with van der Waals surface area (Å²) in [6, 6.07) is 9.03. The van der Waals surface area contributed by atoms with Crippen molar-refractivity contribution in [3.63, 3.8) is 0 Å². The largest absolute Gasteiger partial charge is 0.274 e. The van der Waals surface area contributed by atoms with E-state index in [1.54, 1.807) is 12.1 Å². The predicted molar refractivity (Wildman–Crippen MR) is 61.9 cm³/mol. The Balaban J connectivity index is 2.34. The molecule has 0 aliphatic carbocycles. The molecule has 1 aliphatic heterocycles. The Bertz CT molecular complexity index is 448. The third-order valence-electron chi connectivity index (χ3n) is 2.53. The number of rotatable bonds is 2. The van der Waals surface area contributed by atoms with Gasteiger partial charge in [0.05, 0.1) is 12.1 Å². The minimum absolute atomic E-state index is 0.143. The maximum absolute atomic E-state index is 11.9. The van der Waals surface area contributed by atoms with Crippen molar-refractivity contribution in [1.82, 2.24) is 0 Å². The molecule has 1 saturated heterocycles. The maximum atomic E-state index is 11.9. The number of hydrogen-bond acceptors (Lipinski definition) is 2. The average molecular weight is 215 g/mol. The van der Waals surface area contributed by atoms with Crippen LogP contribution >= 0.6 is 0 Å². The van der Waals surface area contributed by atoms with Crippen LogP contribution in [-0.2, 0) is 9.59 Å². The summed E-state index contributed by atoms with van der Waals surface area (Å²) in [6.45, 7) is 1.95. The van der Waals surface area contributed by atoms with E-state index in [-0.39, 0.29) is 18.2 Å². The lowest BCUT2D eigenvalue weighted by Gasteiger charge is -2.12. The van der Waals surface area contributed by atoms with Crippen LogP contribution in [0.1, 0.15) is 19.8 Å². The van der Waals surface area contributed by atoms with Crippen LogP contribution in [0.3, 0.4) is 0 Å². The lowest BCUT2D eigenvalue weighted by atomic mass is 10.2. The topological polar surface area (TPSA) is 37.4 Å². The molecule has 1 aromatic rings. The second-order valence-electron chi connectivity index (χ2n) is 3.68. The number of amides is 2. The molecule has 0 aromatic heterocycles. The first-order valence-corrected chi connectivity index (χ1v) is 5.35. The molecule has 0 unspecified atom stereocenters. The second kappa shape index (κ2) is 4.31. The van der Waals surface area contributed by atoms with Crippen molar-refractivity contribution >= 4 is 17.5 Å². The Morgan fingerprint density at radius 1 is 1.25 bits per heavy atom. The SMILES string of the molecule is CC/C=C1/CC(=O)N(c2ccccc2)C1=O. The van der Waals surface area contributed by atoms with E-state index in [1.165, 1.54) is 4.90 Å². The van der Waals surface area contributed by atoms with E-state index in [0.29, 0.717) is 11.3 Å². The van der Waals surface area contributed by atoms with E-state index in [9.17, 15) is 9.59 Å². The molecule has 0 radical (unpaired) electrons. The Labute approximate surface area is 94.4 Å². The van der Waals surface area contributed by atoms with Gasteiger partial charge in [-0.05, 0) is 18.6 Å². The van der Waals surface area contributed by atoms with Gasteiger partial charge in [-0.25, -0.2) is 4.90 Å². The smallest absolute Gasteiger partial charge is 0.261 e. The van der Waals surface area contributed by atoms with Crippen LogP contribution in [0.4, 0.5) is 5.69 Å². The van der Waals surface area contributed by atoms with Gasteiger partial charge in [-0.2, -0.15) is 0 Å². The van der Waals surface area contributed by atoms with Crippen LogP contribution in [-0.4, -0.2) is 11.8 Å². The molecular weight excluding hydrogens is 202 g/mol. The van der Waals surface area contributed by atoms with Gasteiger partial charge < -0.3 is 0 Å². The summed E-state index contributed by atoms with van der Waals surface area (Å²) in [4.78, 5) is 24.9. The van der Waals surface area contributed by atoms with Crippen LogP contribution in [0.25, 0.3) is 0 Å². The van der Waals surface area contributed by atoms with Gasteiger partial charge in [-0.3, -0.25) is 9.59 Å². The zero-order valence-corrected chi connectivity index (χ0v) is 9.14. The summed E-state index contributed by atoms with van der Waals surface area (Å²) in [5, 5.41) is 0. The zero-order valence-electron chi connectivity index (χ0n) is 9.14. The van der Waals surface area contributed by atoms with E-state index in [1.807, 2.05) is 31.2 Å². The first-order chi connectivity index (χ1) is 7.74. The normalized spacial score (nSPS) is 18.6. The third kappa shape index (κ3) is 1.76. The number of nitrogens with zero attached hydrogens (tertiary/aromatic N) is 1. The van der Waals surface area contributed by atoms with Crippen LogP contribution in [0.2, 0.25) is 0 Å². The molecule has 1 heterocycles. The fourth-order valence-corrected chi connectivity index (χ4v) is 1.82. The molecule has 2 rings (SSSR count). The van der Waals surface area contributed by atoms with E-state index in [4.69, 9.17) is 0 Å². The Hall–Kier alpha value is -1.90. The number of hydrogen-bond donors (Lipinski definition) is 0. The van der Waals surface area contributed by atoms with Crippen molar-refractivity contribution in [3.8, 4) is 0 Å². The molecule has 0 spiro atoms. The quantitative estimate of drug-likeness (QED) is 0.560. The molecule has 0 N–H and O–H groups in total. The molecule has 3 heteroatoms. The molecule has 16 heavy (non-hydrogen) atoms. The molecule has 1 aromatic carbocycles. The number of benzene rings is 1. The highest BCUT2D eigenvalue weighted by Gasteiger charge is 2.34. The van der Waals surface area contributed by atoms with Crippen LogP contribution < -0.4 is 4.90 Å². The first-order valence-electron chi connectivity index (χ1n) is 5.35. The fourth-order valence-electron chi connectivity index (χ4n) is 1.82. The van der Waals surface area contributed by atoms with E-state index < -0.39 is 0 Å². The van der Waals surface area contributed by atoms with Crippen LogP contribution in [0.5, 0.6) is 0 Å². The summed E-state index contributed by atoms with van der Waals surface area (Å²) >= 11 is 0. The van der Waals surface area contributed by atoms with Gasteiger partial charge in [0.1, 0.15) is 0 Å². The lowest BCUT2D eigenvalue weighted by Crippen LogP contribution is -2.28. The van der Waals surface area contributed by atoms with Gasteiger partial charge >= 0.3 is 0 Å². The van der Waals surface area contributed by atoms with Crippen molar-refractivity contribution < 1.29 is 9.59 Å². The van der Waals surface area contributed by atoms with Crippen LogP contribution in [0, 0.1) is 0 Å². The summed E-state index contributed by atoms with van der Waals surface area (Å²) in [5.41, 5.74) is 1.26. The van der Waals surface area contributed by atoms with Gasteiger partial charge in [0.25, 0.3) is 5.91 Å². The first kappa shape index (κ1) is 10.6. The average Bonchev–Trinajstić information content (AvgIpc) is 2.56. The number of imide groups is 1. The summed E-state index contributed by atoms with van der Waals surface area (Å²) in [6.07, 6.45) is 2.82. The van der Waals surface area contributed by atoms with Gasteiger partial charge in [0.2, 0.25) is 5.91 Å². The van der Waals surface area contributed by atoms with E-state index in [0.717, 1.165) is 6.42 Å². The number of para-hydroxylation sites is 1.